The van der Waals surface area contributed by atoms with Crippen molar-refractivity contribution >= 4 is 27.7 Å². The highest BCUT2D eigenvalue weighted by Gasteiger charge is 2.10. The number of carbonyl (C=O) groups excluding carboxylic acids is 2. The molecule has 1 heterocycles. The highest BCUT2D eigenvalue weighted by molar-refractivity contribution is 9.10. The minimum atomic E-state index is -0.243. The van der Waals surface area contributed by atoms with E-state index in [4.69, 9.17) is 0 Å². The maximum Gasteiger partial charge on any atom is 0.254 e. The van der Waals surface area contributed by atoms with Gasteiger partial charge < -0.3 is 10.6 Å². The van der Waals surface area contributed by atoms with Gasteiger partial charge in [0.25, 0.3) is 5.91 Å². The molecule has 0 atom stereocenters. The highest BCUT2D eigenvalue weighted by atomic mass is 79.9. The van der Waals surface area contributed by atoms with Crippen LogP contribution >= 0.6 is 15.9 Å². The molecule has 6 heteroatoms. The molecule has 0 aromatic carbocycles. The fourth-order valence-electron chi connectivity index (χ4n) is 1.33. The van der Waals surface area contributed by atoms with Gasteiger partial charge in [-0.15, -0.1) is 0 Å². The molecule has 18 heavy (non-hydrogen) atoms. The Hall–Kier alpha value is -1.43. The van der Waals surface area contributed by atoms with Gasteiger partial charge in [0.1, 0.15) is 4.60 Å². The smallest absolute Gasteiger partial charge is 0.254 e. The second-order valence-electron chi connectivity index (χ2n) is 4.07. The van der Waals surface area contributed by atoms with Gasteiger partial charge in [-0.05, 0) is 41.9 Å². The number of rotatable bonds is 5. The van der Waals surface area contributed by atoms with E-state index in [0.29, 0.717) is 16.7 Å². The number of nitrogens with one attached hydrogen (secondary N) is 2. The molecule has 0 saturated carbocycles. The number of carbonyl (C=O) groups is 2. The van der Waals surface area contributed by atoms with Crippen LogP contribution in [0, 0.1) is 0 Å². The molecule has 1 rings (SSSR count). The Balaban J connectivity index is 2.39. The van der Waals surface area contributed by atoms with Crippen molar-refractivity contribution in [1.29, 1.82) is 0 Å². The number of amides is 2. The summed E-state index contributed by atoms with van der Waals surface area (Å²) < 4.78 is 0.495. The summed E-state index contributed by atoms with van der Waals surface area (Å²) in [7, 11) is 0. The van der Waals surface area contributed by atoms with Gasteiger partial charge in [-0.2, -0.15) is 0 Å². The van der Waals surface area contributed by atoms with Gasteiger partial charge >= 0.3 is 0 Å². The lowest BCUT2D eigenvalue weighted by atomic mass is 10.2. The molecule has 2 amide bonds. The summed E-state index contributed by atoms with van der Waals surface area (Å²) in [5.74, 6) is -0.317. The molecule has 2 N–H and O–H groups in total. The highest BCUT2D eigenvalue weighted by Crippen LogP contribution is 2.11. The molecule has 0 bridgehead atoms. The Labute approximate surface area is 114 Å². The van der Waals surface area contributed by atoms with E-state index in [2.05, 4.69) is 31.5 Å². The van der Waals surface area contributed by atoms with Crippen molar-refractivity contribution in [2.45, 2.75) is 26.3 Å². The average molecular weight is 314 g/mol. The lowest BCUT2D eigenvalue weighted by molar-refractivity contribution is -0.121. The Bertz CT molecular complexity index is 435. The zero-order chi connectivity index (χ0) is 13.5. The number of hydrogen-bond acceptors (Lipinski definition) is 3. The van der Waals surface area contributed by atoms with Crippen LogP contribution in [0.3, 0.4) is 0 Å². The first-order valence-corrected chi connectivity index (χ1v) is 6.48. The molecular weight excluding hydrogens is 298 g/mol. The zero-order valence-corrected chi connectivity index (χ0v) is 12.0. The van der Waals surface area contributed by atoms with E-state index in [0.717, 1.165) is 0 Å². The standard InChI is InChI=1S/C12H16BrN3O2/c1-8(2)16-10(17)5-7-15-12(18)9-4-3-6-14-11(9)13/h3-4,6,8H,5,7H2,1-2H3,(H,15,18)(H,16,17). The molecular formula is C12H16BrN3O2. The largest absolute Gasteiger partial charge is 0.354 e. The van der Waals surface area contributed by atoms with Crippen LogP contribution in [0.5, 0.6) is 0 Å². The Morgan fingerprint density at radius 3 is 2.78 bits per heavy atom. The third-order valence-corrected chi connectivity index (χ3v) is 2.72. The summed E-state index contributed by atoms with van der Waals surface area (Å²) in [5.41, 5.74) is 0.460. The minimum Gasteiger partial charge on any atom is -0.354 e. The fourth-order valence-corrected chi connectivity index (χ4v) is 1.76. The molecule has 0 unspecified atom stereocenters. The topological polar surface area (TPSA) is 71.1 Å². The lowest BCUT2D eigenvalue weighted by Crippen LogP contribution is -2.34. The van der Waals surface area contributed by atoms with Crippen LogP contribution in [0.4, 0.5) is 0 Å². The summed E-state index contributed by atoms with van der Waals surface area (Å²) in [6, 6.07) is 3.46. The molecule has 0 fully saturated rings. The monoisotopic (exact) mass is 313 g/mol. The minimum absolute atomic E-state index is 0.0736. The van der Waals surface area contributed by atoms with Gasteiger partial charge in [-0.25, -0.2) is 4.98 Å². The molecule has 0 saturated heterocycles. The van der Waals surface area contributed by atoms with Gasteiger partial charge in [-0.3, -0.25) is 9.59 Å². The molecule has 1 aromatic heterocycles. The van der Waals surface area contributed by atoms with Crippen LogP contribution in [0.25, 0.3) is 0 Å². The van der Waals surface area contributed by atoms with E-state index >= 15 is 0 Å². The molecule has 0 aliphatic rings. The van der Waals surface area contributed by atoms with Crippen LogP contribution in [-0.4, -0.2) is 29.4 Å². The van der Waals surface area contributed by atoms with Gasteiger partial charge in [0.15, 0.2) is 0 Å². The number of nitrogens with zero attached hydrogens (tertiary/aromatic N) is 1. The second-order valence-corrected chi connectivity index (χ2v) is 4.82. The first-order chi connectivity index (χ1) is 8.50. The first kappa shape index (κ1) is 14.6. The number of aromatic nitrogens is 1. The van der Waals surface area contributed by atoms with E-state index in [1.54, 1.807) is 18.3 Å². The molecule has 0 aliphatic carbocycles. The molecule has 5 nitrogen and oxygen atoms in total. The van der Waals surface area contributed by atoms with Crippen LogP contribution in [-0.2, 0) is 4.79 Å². The van der Waals surface area contributed by atoms with E-state index < -0.39 is 0 Å². The van der Waals surface area contributed by atoms with Gasteiger partial charge in [0.05, 0.1) is 5.56 Å². The Morgan fingerprint density at radius 1 is 1.44 bits per heavy atom. The quantitative estimate of drug-likeness (QED) is 0.809. The predicted octanol–water partition coefficient (Wildman–Crippen LogP) is 1.49. The lowest BCUT2D eigenvalue weighted by Gasteiger charge is -2.09. The third-order valence-electron chi connectivity index (χ3n) is 2.09. The third kappa shape index (κ3) is 4.83. The van der Waals surface area contributed by atoms with Crippen molar-refractivity contribution in [2.24, 2.45) is 0 Å². The van der Waals surface area contributed by atoms with E-state index in [1.165, 1.54) is 0 Å². The summed E-state index contributed by atoms with van der Waals surface area (Å²) in [6.45, 7) is 4.09. The van der Waals surface area contributed by atoms with Crippen molar-refractivity contribution in [3.8, 4) is 0 Å². The number of pyridine rings is 1. The zero-order valence-electron chi connectivity index (χ0n) is 10.4. The molecule has 1 aromatic rings. The first-order valence-electron chi connectivity index (χ1n) is 5.68. The molecule has 0 spiro atoms. The number of hydrogen-bond donors (Lipinski definition) is 2. The fraction of sp³-hybridized carbons (Fsp3) is 0.417. The van der Waals surface area contributed by atoms with Crippen molar-refractivity contribution in [3.05, 3.63) is 28.5 Å². The molecule has 0 aliphatic heterocycles. The predicted molar refractivity (Wildman–Crippen MR) is 72.2 cm³/mol. The van der Waals surface area contributed by atoms with Gasteiger partial charge in [-0.1, -0.05) is 0 Å². The second kappa shape index (κ2) is 7.10. The average Bonchev–Trinajstić information content (AvgIpc) is 2.28. The van der Waals surface area contributed by atoms with Gasteiger partial charge in [0.2, 0.25) is 5.91 Å². The van der Waals surface area contributed by atoms with E-state index in [1.807, 2.05) is 13.8 Å². The number of halogens is 1. The van der Waals surface area contributed by atoms with Crippen LogP contribution < -0.4 is 10.6 Å². The van der Waals surface area contributed by atoms with Crippen molar-refractivity contribution in [3.63, 3.8) is 0 Å². The van der Waals surface area contributed by atoms with Crippen LogP contribution in [0.2, 0.25) is 0 Å². The molecule has 98 valence electrons. The SMILES string of the molecule is CC(C)NC(=O)CCNC(=O)c1cccnc1Br. The van der Waals surface area contributed by atoms with Crippen LogP contribution in [0.15, 0.2) is 22.9 Å². The van der Waals surface area contributed by atoms with Gasteiger partial charge in [0, 0.05) is 25.2 Å². The Morgan fingerprint density at radius 2 is 2.17 bits per heavy atom. The summed E-state index contributed by atoms with van der Waals surface area (Å²) in [6.07, 6.45) is 1.86. The summed E-state index contributed by atoms with van der Waals surface area (Å²) >= 11 is 3.20. The van der Waals surface area contributed by atoms with Crippen LogP contribution in [0.1, 0.15) is 30.6 Å². The van der Waals surface area contributed by atoms with Crippen molar-refractivity contribution < 1.29 is 9.59 Å². The maximum absolute atomic E-state index is 11.8. The van der Waals surface area contributed by atoms with E-state index in [-0.39, 0.29) is 24.3 Å². The summed E-state index contributed by atoms with van der Waals surface area (Å²) in [4.78, 5) is 27.1. The summed E-state index contributed by atoms with van der Waals surface area (Å²) in [5, 5.41) is 5.43. The van der Waals surface area contributed by atoms with Crippen molar-refractivity contribution in [1.82, 2.24) is 15.6 Å². The van der Waals surface area contributed by atoms with E-state index in [9.17, 15) is 9.59 Å². The Kier molecular flexibility index (Phi) is 5.77. The van der Waals surface area contributed by atoms with Crippen molar-refractivity contribution in [2.75, 3.05) is 6.54 Å². The maximum atomic E-state index is 11.8. The normalized spacial score (nSPS) is 10.2. The molecule has 0 radical (unpaired) electrons.